The van der Waals surface area contributed by atoms with Gasteiger partial charge in [0.05, 0.1) is 0 Å². The average molecular weight is 298 g/mol. The summed E-state index contributed by atoms with van der Waals surface area (Å²) in [6.45, 7) is 4.90. The number of aliphatic carboxylic acids is 1. The fraction of sp³-hybridized carbons (Fsp3) is 0.800. The number of unbranched alkanes of at least 4 members (excludes halogenated alkanes) is 1. The van der Waals surface area contributed by atoms with Gasteiger partial charge in [-0.3, -0.25) is 14.9 Å². The van der Waals surface area contributed by atoms with Crippen molar-refractivity contribution in [2.45, 2.75) is 64.8 Å². The van der Waals surface area contributed by atoms with Gasteiger partial charge in [0.1, 0.15) is 0 Å². The highest BCUT2D eigenvalue weighted by atomic mass is 16.4. The van der Waals surface area contributed by atoms with E-state index in [4.69, 9.17) is 5.11 Å². The molecule has 1 saturated carbocycles. The summed E-state index contributed by atoms with van der Waals surface area (Å²) in [7, 11) is 0. The normalized spacial score (nSPS) is 14.0. The number of urea groups is 1. The van der Waals surface area contributed by atoms with Gasteiger partial charge in [-0.25, -0.2) is 4.79 Å². The number of carbonyl (C=O) groups excluding carboxylic acids is 2. The van der Waals surface area contributed by atoms with Crippen LogP contribution < -0.4 is 5.32 Å². The van der Waals surface area contributed by atoms with Crippen LogP contribution in [0.15, 0.2) is 0 Å². The Morgan fingerprint density at radius 3 is 2.33 bits per heavy atom. The number of carboxylic acid groups (broad SMARTS) is 1. The van der Waals surface area contributed by atoms with Crippen LogP contribution in [0.1, 0.15) is 58.8 Å². The molecule has 0 aliphatic heterocycles. The number of nitrogens with zero attached hydrogens (tertiary/aromatic N) is 1. The van der Waals surface area contributed by atoms with Gasteiger partial charge in [-0.05, 0) is 38.0 Å². The first-order chi connectivity index (χ1) is 9.90. The van der Waals surface area contributed by atoms with E-state index in [0.717, 1.165) is 19.3 Å². The van der Waals surface area contributed by atoms with Crippen molar-refractivity contribution in [3.05, 3.63) is 0 Å². The smallest absolute Gasteiger partial charge is 0.324 e. The van der Waals surface area contributed by atoms with E-state index in [0.29, 0.717) is 25.3 Å². The minimum absolute atomic E-state index is 0.0593. The van der Waals surface area contributed by atoms with E-state index < -0.39 is 5.97 Å². The van der Waals surface area contributed by atoms with Crippen molar-refractivity contribution in [3.8, 4) is 0 Å². The highest BCUT2D eigenvalue weighted by molar-refractivity contribution is 5.94. The van der Waals surface area contributed by atoms with Gasteiger partial charge < -0.3 is 10.0 Å². The predicted molar refractivity (Wildman–Crippen MR) is 78.8 cm³/mol. The maximum atomic E-state index is 12.1. The van der Waals surface area contributed by atoms with E-state index in [1.807, 2.05) is 0 Å². The zero-order chi connectivity index (χ0) is 15.8. The molecule has 1 aliphatic rings. The number of hydrogen-bond acceptors (Lipinski definition) is 3. The molecular weight excluding hydrogens is 272 g/mol. The van der Waals surface area contributed by atoms with E-state index in [1.165, 1.54) is 0 Å². The molecule has 3 amide bonds. The van der Waals surface area contributed by atoms with Gasteiger partial charge >= 0.3 is 12.0 Å². The molecule has 0 aromatic rings. The quantitative estimate of drug-likeness (QED) is 0.640. The molecule has 21 heavy (non-hydrogen) atoms. The van der Waals surface area contributed by atoms with E-state index in [1.54, 1.807) is 4.90 Å². The third-order valence-corrected chi connectivity index (χ3v) is 3.49. The lowest BCUT2D eigenvalue weighted by molar-refractivity contribution is -0.137. The molecule has 0 saturated heterocycles. The van der Waals surface area contributed by atoms with Crippen molar-refractivity contribution in [3.63, 3.8) is 0 Å². The second-order valence-electron chi connectivity index (χ2n) is 6.06. The van der Waals surface area contributed by atoms with Crippen LogP contribution in [0.5, 0.6) is 0 Å². The van der Waals surface area contributed by atoms with Crippen LogP contribution in [-0.2, 0) is 9.59 Å². The third kappa shape index (κ3) is 7.68. The Hall–Kier alpha value is -1.59. The van der Waals surface area contributed by atoms with Gasteiger partial charge in [-0.15, -0.1) is 0 Å². The second-order valence-corrected chi connectivity index (χ2v) is 6.06. The van der Waals surface area contributed by atoms with Crippen molar-refractivity contribution >= 4 is 17.9 Å². The maximum Gasteiger partial charge on any atom is 0.324 e. The Morgan fingerprint density at radius 2 is 1.81 bits per heavy atom. The average Bonchev–Trinajstić information content (AvgIpc) is 3.18. The molecule has 0 atom stereocenters. The fourth-order valence-corrected chi connectivity index (χ4v) is 2.05. The van der Waals surface area contributed by atoms with E-state index in [-0.39, 0.29) is 30.8 Å². The molecule has 2 N–H and O–H groups in total. The Balaban J connectivity index is 2.28. The van der Waals surface area contributed by atoms with Crippen LogP contribution in [0, 0.1) is 5.92 Å². The molecule has 120 valence electrons. The fourth-order valence-electron chi connectivity index (χ4n) is 2.05. The van der Waals surface area contributed by atoms with Crippen molar-refractivity contribution in [1.82, 2.24) is 10.2 Å². The Bertz CT molecular complexity index is 378. The summed E-state index contributed by atoms with van der Waals surface area (Å²) in [4.78, 5) is 35.9. The van der Waals surface area contributed by atoms with Crippen LogP contribution in [0.3, 0.4) is 0 Å². The number of hydrogen-bond donors (Lipinski definition) is 2. The summed E-state index contributed by atoms with van der Waals surface area (Å²) >= 11 is 0. The molecule has 0 bridgehead atoms. The SMILES string of the molecule is CC(C)CCN(C(=O)NC(=O)CCCCC(=O)O)C1CC1. The van der Waals surface area contributed by atoms with Gasteiger partial charge in [0, 0.05) is 25.4 Å². The Morgan fingerprint density at radius 1 is 1.19 bits per heavy atom. The Labute approximate surface area is 125 Å². The summed E-state index contributed by atoms with van der Waals surface area (Å²) < 4.78 is 0. The molecule has 0 unspecified atom stereocenters. The van der Waals surface area contributed by atoms with Crippen LogP contribution >= 0.6 is 0 Å². The van der Waals surface area contributed by atoms with Crippen molar-refractivity contribution < 1.29 is 19.5 Å². The van der Waals surface area contributed by atoms with Crippen molar-refractivity contribution in [2.24, 2.45) is 5.92 Å². The summed E-state index contributed by atoms with van der Waals surface area (Å²) in [5, 5.41) is 10.9. The standard InChI is InChI=1S/C15H26N2O4/c1-11(2)9-10-17(12-7-8-12)15(21)16-13(18)5-3-4-6-14(19)20/h11-12H,3-10H2,1-2H3,(H,19,20)(H,16,18,21). The van der Waals surface area contributed by atoms with Gasteiger partial charge in [0.2, 0.25) is 5.91 Å². The zero-order valence-corrected chi connectivity index (χ0v) is 12.9. The highest BCUT2D eigenvalue weighted by Gasteiger charge is 2.32. The maximum absolute atomic E-state index is 12.1. The molecule has 0 aromatic heterocycles. The second kappa shape index (κ2) is 8.64. The number of carboxylic acids is 1. The molecule has 1 aliphatic carbocycles. The first-order valence-electron chi connectivity index (χ1n) is 7.72. The lowest BCUT2D eigenvalue weighted by atomic mass is 10.1. The molecule has 0 spiro atoms. The zero-order valence-electron chi connectivity index (χ0n) is 12.9. The summed E-state index contributed by atoms with van der Waals surface area (Å²) in [5.74, 6) is -0.661. The first-order valence-corrected chi connectivity index (χ1v) is 7.72. The molecule has 0 aromatic carbocycles. The molecule has 1 rings (SSSR count). The van der Waals surface area contributed by atoms with Crippen molar-refractivity contribution in [1.29, 1.82) is 0 Å². The minimum atomic E-state index is -0.861. The Kier molecular flexibility index (Phi) is 7.19. The third-order valence-electron chi connectivity index (χ3n) is 3.49. The van der Waals surface area contributed by atoms with Crippen LogP contribution in [-0.4, -0.2) is 40.5 Å². The largest absolute Gasteiger partial charge is 0.481 e. The molecule has 6 heteroatoms. The van der Waals surface area contributed by atoms with Crippen molar-refractivity contribution in [2.75, 3.05) is 6.54 Å². The minimum Gasteiger partial charge on any atom is -0.481 e. The number of imide groups is 1. The van der Waals surface area contributed by atoms with Crippen LogP contribution in [0.2, 0.25) is 0 Å². The topological polar surface area (TPSA) is 86.7 Å². The van der Waals surface area contributed by atoms with Crippen LogP contribution in [0.4, 0.5) is 4.79 Å². The van der Waals surface area contributed by atoms with Gasteiger partial charge in [0.25, 0.3) is 0 Å². The highest BCUT2D eigenvalue weighted by Crippen LogP contribution is 2.27. The molecule has 0 radical (unpaired) electrons. The summed E-state index contributed by atoms with van der Waals surface area (Å²) in [6.07, 6.45) is 4.15. The molecular formula is C15H26N2O4. The van der Waals surface area contributed by atoms with Gasteiger partial charge in [0.15, 0.2) is 0 Å². The molecule has 0 heterocycles. The molecule has 1 fully saturated rings. The number of rotatable bonds is 9. The van der Waals surface area contributed by atoms with Gasteiger partial charge in [-0.2, -0.15) is 0 Å². The molecule has 6 nitrogen and oxygen atoms in total. The van der Waals surface area contributed by atoms with E-state index in [2.05, 4.69) is 19.2 Å². The van der Waals surface area contributed by atoms with Gasteiger partial charge in [-0.1, -0.05) is 13.8 Å². The number of amides is 3. The predicted octanol–water partition coefficient (Wildman–Crippen LogP) is 2.38. The first kappa shape index (κ1) is 17.5. The lowest BCUT2D eigenvalue weighted by Gasteiger charge is -2.23. The number of nitrogens with one attached hydrogen (secondary N) is 1. The van der Waals surface area contributed by atoms with Crippen LogP contribution in [0.25, 0.3) is 0 Å². The summed E-state index contributed by atoms with van der Waals surface area (Å²) in [5.41, 5.74) is 0. The summed E-state index contributed by atoms with van der Waals surface area (Å²) in [6, 6.07) is -0.0232. The van der Waals surface area contributed by atoms with E-state index >= 15 is 0 Å². The number of carbonyl (C=O) groups is 3. The lowest BCUT2D eigenvalue weighted by Crippen LogP contribution is -2.44. The monoisotopic (exact) mass is 298 g/mol. The van der Waals surface area contributed by atoms with E-state index in [9.17, 15) is 14.4 Å².